The lowest BCUT2D eigenvalue weighted by Gasteiger charge is -2.32. The highest BCUT2D eigenvalue weighted by Gasteiger charge is 2.44. The third-order valence-corrected chi connectivity index (χ3v) is 3.58. The van der Waals surface area contributed by atoms with Crippen LogP contribution in [-0.2, 0) is 4.79 Å². The van der Waals surface area contributed by atoms with Crippen molar-refractivity contribution in [3.05, 3.63) is 0 Å². The van der Waals surface area contributed by atoms with E-state index >= 15 is 0 Å². The summed E-state index contributed by atoms with van der Waals surface area (Å²) in [4.78, 5) is 12.9. The van der Waals surface area contributed by atoms with Crippen LogP contribution in [0.3, 0.4) is 0 Å². The SMILES string of the molecule is CN1CCC(C(=O)C(Cl)Cl)C1(C)C. The summed E-state index contributed by atoms with van der Waals surface area (Å²) in [6, 6.07) is 0. The molecule has 1 heterocycles. The number of nitrogens with zero attached hydrogens (tertiary/aromatic N) is 1. The molecule has 1 rings (SSSR count). The van der Waals surface area contributed by atoms with Gasteiger partial charge in [-0.3, -0.25) is 4.79 Å². The maximum Gasteiger partial charge on any atom is 0.170 e. The molecule has 1 aliphatic rings. The number of alkyl halides is 2. The number of hydrogen-bond donors (Lipinski definition) is 0. The van der Waals surface area contributed by atoms with E-state index in [1.807, 2.05) is 7.05 Å². The number of rotatable bonds is 2. The fraction of sp³-hybridized carbons (Fsp3) is 0.889. The van der Waals surface area contributed by atoms with Crippen LogP contribution < -0.4 is 0 Å². The average Bonchev–Trinajstić information content (AvgIpc) is 2.26. The third kappa shape index (κ3) is 2.00. The smallest absolute Gasteiger partial charge is 0.170 e. The second-order valence-corrected chi connectivity index (χ2v) is 5.22. The molecule has 0 aromatic carbocycles. The Morgan fingerprint density at radius 3 is 2.38 bits per heavy atom. The predicted octanol–water partition coefficient (Wildman–Crippen LogP) is 2.09. The van der Waals surface area contributed by atoms with Gasteiger partial charge < -0.3 is 4.90 Å². The second-order valence-electron chi connectivity index (χ2n) is 4.12. The molecule has 76 valence electrons. The number of hydrogen-bond acceptors (Lipinski definition) is 2. The summed E-state index contributed by atoms with van der Waals surface area (Å²) in [6.45, 7) is 5.04. The van der Waals surface area contributed by atoms with E-state index in [-0.39, 0.29) is 17.2 Å². The van der Waals surface area contributed by atoms with Gasteiger partial charge in [0.05, 0.1) is 0 Å². The predicted molar refractivity (Wildman–Crippen MR) is 55.3 cm³/mol. The number of carbonyl (C=O) groups is 1. The van der Waals surface area contributed by atoms with Gasteiger partial charge in [-0.15, -0.1) is 0 Å². The van der Waals surface area contributed by atoms with Crippen molar-refractivity contribution in [3.8, 4) is 0 Å². The largest absolute Gasteiger partial charge is 0.300 e. The van der Waals surface area contributed by atoms with Crippen molar-refractivity contribution in [1.29, 1.82) is 0 Å². The molecule has 0 aromatic heterocycles. The summed E-state index contributed by atoms with van der Waals surface area (Å²) in [7, 11) is 2.02. The lowest BCUT2D eigenvalue weighted by Crippen LogP contribution is -2.43. The first-order valence-electron chi connectivity index (χ1n) is 4.40. The van der Waals surface area contributed by atoms with Crippen LogP contribution in [0.1, 0.15) is 20.3 Å². The van der Waals surface area contributed by atoms with E-state index in [1.54, 1.807) is 0 Å². The van der Waals surface area contributed by atoms with E-state index in [4.69, 9.17) is 23.2 Å². The summed E-state index contributed by atoms with van der Waals surface area (Å²) >= 11 is 11.2. The Hall–Kier alpha value is 0.210. The molecule has 1 atom stereocenters. The molecule has 0 N–H and O–H groups in total. The molecule has 1 aliphatic heterocycles. The highest BCUT2D eigenvalue weighted by molar-refractivity contribution is 6.54. The fourth-order valence-corrected chi connectivity index (χ4v) is 2.18. The van der Waals surface area contributed by atoms with Crippen LogP contribution >= 0.6 is 23.2 Å². The molecule has 4 heteroatoms. The van der Waals surface area contributed by atoms with E-state index in [9.17, 15) is 4.79 Å². The molecule has 1 fully saturated rings. The highest BCUT2D eigenvalue weighted by atomic mass is 35.5. The molecule has 0 bridgehead atoms. The maximum atomic E-state index is 11.6. The van der Waals surface area contributed by atoms with Crippen molar-refractivity contribution in [1.82, 2.24) is 4.90 Å². The van der Waals surface area contributed by atoms with Crippen molar-refractivity contribution >= 4 is 29.0 Å². The third-order valence-electron chi connectivity index (χ3n) is 3.15. The molecular weight excluding hydrogens is 209 g/mol. The van der Waals surface area contributed by atoms with E-state index in [2.05, 4.69) is 18.7 Å². The van der Waals surface area contributed by atoms with E-state index in [0.717, 1.165) is 13.0 Å². The Morgan fingerprint density at radius 1 is 1.54 bits per heavy atom. The van der Waals surface area contributed by atoms with Gasteiger partial charge in [0.2, 0.25) is 0 Å². The van der Waals surface area contributed by atoms with E-state index < -0.39 is 4.84 Å². The quantitative estimate of drug-likeness (QED) is 0.669. The van der Waals surface area contributed by atoms with Crippen molar-refractivity contribution in [2.75, 3.05) is 13.6 Å². The number of halogens is 2. The normalized spacial score (nSPS) is 28.3. The van der Waals surface area contributed by atoms with Crippen molar-refractivity contribution in [2.24, 2.45) is 5.92 Å². The molecule has 0 aromatic rings. The Balaban J connectivity index is 2.78. The average molecular weight is 224 g/mol. The van der Waals surface area contributed by atoms with Crippen LogP contribution in [0.2, 0.25) is 0 Å². The standard InChI is InChI=1S/C9H15Cl2NO/c1-9(2)6(4-5-12(9)3)7(13)8(10)11/h6,8H,4-5H2,1-3H3. The second kappa shape index (κ2) is 3.76. The monoisotopic (exact) mass is 223 g/mol. The van der Waals surface area contributed by atoms with Gasteiger partial charge in [0, 0.05) is 11.5 Å². The molecule has 2 nitrogen and oxygen atoms in total. The van der Waals surface area contributed by atoms with Crippen molar-refractivity contribution in [2.45, 2.75) is 30.6 Å². The number of Topliss-reactive ketones (excluding diaryl/α,β-unsaturated/α-hetero) is 1. The number of likely N-dealkylation sites (tertiary alicyclic amines) is 1. The Morgan fingerprint density at radius 2 is 2.08 bits per heavy atom. The maximum absolute atomic E-state index is 11.6. The summed E-state index contributed by atoms with van der Waals surface area (Å²) in [5.41, 5.74) is -0.112. The van der Waals surface area contributed by atoms with Gasteiger partial charge in [-0.05, 0) is 33.9 Å². The van der Waals surface area contributed by atoms with Crippen molar-refractivity contribution < 1.29 is 4.79 Å². The minimum absolute atomic E-state index is 0.0301. The molecular formula is C9H15Cl2NO. The zero-order valence-electron chi connectivity index (χ0n) is 8.18. The van der Waals surface area contributed by atoms with Gasteiger partial charge in [0.25, 0.3) is 0 Å². The summed E-state index contributed by atoms with van der Waals surface area (Å²) in [5.74, 6) is -0.0739. The van der Waals surface area contributed by atoms with Crippen molar-refractivity contribution in [3.63, 3.8) is 0 Å². The molecule has 0 spiro atoms. The molecule has 0 aliphatic carbocycles. The molecule has 0 amide bonds. The topological polar surface area (TPSA) is 20.3 Å². The number of carbonyl (C=O) groups excluding carboxylic acids is 1. The van der Waals surface area contributed by atoms with Crippen LogP contribution in [-0.4, -0.2) is 34.7 Å². The van der Waals surface area contributed by atoms with Crippen LogP contribution in [0.4, 0.5) is 0 Å². The summed E-state index contributed by atoms with van der Waals surface area (Å²) in [5, 5.41) is 0. The zero-order valence-corrected chi connectivity index (χ0v) is 9.69. The van der Waals surface area contributed by atoms with Crippen LogP contribution in [0, 0.1) is 5.92 Å². The molecule has 0 radical (unpaired) electrons. The Kier molecular flexibility index (Phi) is 3.26. The van der Waals surface area contributed by atoms with E-state index in [0.29, 0.717) is 0 Å². The van der Waals surface area contributed by atoms with Gasteiger partial charge in [-0.2, -0.15) is 0 Å². The van der Waals surface area contributed by atoms with Gasteiger partial charge in [-0.1, -0.05) is 23.2 Å². The minimum Gasteiger partial charge on any atom is -0.300 e. The lowest BCUT2D eigenvalue weighted by atomic mass is 9.85. The van der Waals surface area contributed by atoms with Gasteiger partial charge in [0.15, 0.2) is 10.6 Å². The number of ketones is 1. The first-order chi connectivity index (χ1) is 5.87. The van der Waals surface area contributed by atoms with Crippen LogP contribution in [0.15, 0.2) is 0 Å². The van der Waals surface area contributed by atoms with Gasteiger partial charge >= 0.3 is 0 Å². The Labute approximate surface area is 89.2 Å². The molecule has 1 saturated heterocycles. The summed E-state index contributed by atoms with van der Waals surface area (Å²) in [6.07, 6.45) is 0.859. The first kappa shape index (κ1) is 11.3. The zero-order chi connectivity index (χ0) is 10.2. The first-order valence-corrected chi connectivity index (χ1v) is 5.27. The lowest BCUT2D eigenvalue weighted by molar-refractivity contribution is -0.123. The minimum atomic E-state index is -0.879. The summed E-state index contributed by atoms with van der Waals surface area (Å²) < 4.78 is 0. The van der Waals surface area contributed by atoms with Crippen LogP contribution in [0.25, 0.3) is 0 Å². The molecule has 1 unspecified atom stereocenters. The van der Waals surface area contributed by atoms with Crippen LogP contribution in [0.5, 0.6) is 0 Å². The van der Waals surface area contributed by atoms with Gasteiger partial charge in [-0.25, -0.2) is 0 Å². The Bertz CT molecular complexity index is 216. The molecule has 13 heavy (non-hydrogen) atoms. The highest BCUT2D eigenvalue weighted by Crippen LogP contribution is 2.35. The van der Waals surface area contributed by atoms with Gasteiger partial charge in [0.1, 0.15) is 0 Å². The molecule has 0 saturated carbocycles. The van der Waals surface area contributed by atoms with E-state index in [1.165, 1.54) is 0 Å². The fourth-order valence-electron chi connectivity index (χ4n) is 1.87.